The van der Waals surface area contributed by atoms with Crippen molar-refractivity contribution in [3.63, 3.8) is 0 Å². The lowest BCUT2D eigenvalue weighted by Crippen LogP contribution is -2.49. The van der Waals surface area contributed by atoms with Crippen LogP contribution in [-0.4, -0.2) is 49.3 Å². The number of rotatable bonds is 6. The maximum Gasteiger partial charge on any atom is 0.245 e. The number of ketones is 1. The average Bonchev–Trinajstić information content (AvgIpc) is 2.90. The summed E-state index contributed by atoms with van der Waals surface area (Å²) in [5.41, 5.74) is 3.59. The minimum Gasteiger partial charge on any atom is -0.369 e. The van der Waals surface area contributed by atoms with Crippen LogP contribution in [0.2, 0.25) is 0 Å². The Balaban J connectivity index is 1.30. The van der Waals surface area contributed by atoms with Gasteiger partial charge in [-0.05, 0) is 66.2 Å². The monoisotopic (exact) mass is 463 g/mol. The van der Waals surface area contributed by atoms with E-state index in [4.69, 9.17) is 0 Å². The average molecular weight is 464 g/mol. The van der Waals surface area contributed by atoms with Crippen molar-refractivity contribution in [3.8, 4) is 0 Å². The zero-order valence-corrected chi connectivity index (χ0v) is 19.9. The van der Waals surface area contributed by atoms with Gasteiger partial charge in [-0.3, -0.25) is 19.4 Å². The summed E-state index contributed by atoms with van der Waals surface area (Å²) in [7, 11) is 0. The number of Topliss-reactive ketones (excluding diaryl/α,β-unsaturated/α-hetero) is 1. The largest absolute Gasteiger partial charge is 0.369 e. The van der Waals surface area contributed by atoms with Crippen molar-refractivity contribution in [2.75, 3.05) is 42.5 Å². The molecule has 1 saturated heterocycles. The van der Waals surface area contributed by atoms with E-state index in [2.05, 4.69) is 34.1 Å². The molecule has 4 aromatic rings. The van der Waals surface area contributed by atoms with E-state index in [9.17, 15) is 9.59 Å². The Hall–Kier alpha value is -3.96. The van der Waals surface area contributed by atoms with Gasteiger partial charge in [-0.25, -0.2) is 0 Å². The second kappa shape index (κ2) is 10.1. The predicted molar refractivity (Wildman–Crippen MR) is 143 cm³/mol. The van der Waals surface area contributed by atoms with Crippen LogP contribution >= 0.6 is 0 Å². The lowest BCUT2D eigenvalue weighted by Gasteiger charge is -2.36. The van der Waals surface area contributed by atoms with E-state index in [1.54, 1.807) is 6.92 Å². The summed E-state index contributed by atoms with van der Waals surface area (Å²) in [4.78, 5) is 31.6. The van der Waals surface area contributed by atoms with Crippen molar-refractivity contribution in [2.24, 2.45) is 0 Å². The summed E-state index contributed by atoms with van der Waals surface area (Å²) in [6.07, 6.45) is 0. The van der Waals surface area contributed by atoms with Crippen LogP contribution in [0.25, 0.3) is 10.8 Å². The molecular weight excluding hydrogens is 434 g/mol. The summed E-state index contributed by atoms with van der Waals surface area (Å²) in [5, 5.41) is 2.27. The van der Waals surface area contributed by atoms with E-state index >= 15 is 0 Å². The summed E-state index contributed by atoms with van der Waals surface area (Å²) in [5.74, 6) is 0.139. The molecule has 176 valence electrons. The van der Waals surface area contributed by atoms with Crippen LogP contribution in [-0.2, 0) is 4.79 Å². The number of hydrogen-bond donors (Lipinski definition) is 0. The van der Waals surface area contributed by atoms with Crippen LogP contribution in [0, 0.1) is 0 Å². The van der Waals surface area contributed by atoms with Gasteiger partial charge in [-0.1, -0.05) is 48.5 Å². The molecule has 1 amide bonds. The van der Waals surface area contributed by atoms with Crippen LogP contribution in [0.4, 0.5) is 17.1 Å². The first-order valence-electron chi connectivity index (χ1n) is 12.0. The maximum absolute atomic E-state index is 13.6. The minimum atomic E-state index is 0.0609. The summed E-state index contributed by atoms with van der Waals surface area (Å²) in [6.45, 7) is 5.24. The molecular formula is C30H29N3O2. The molecule has 0 saturated carbocycles. The van der Waals surface area contributed by atoms with Gasteiger partial charge in [0, 0.05) is 48.8 Å². The highest BCUT2D eigenvalue weighted by molar-refractivity contribution is 6.03. The van der Waals surface area contributed by atoms with Gasteiger partial charge in [-0.15, -0.1) is 0 Å². The molecule has 35 heavy (non-hydrogen) atoms. The SMILES string of the molecule is CC(=O)c1ccc(N2CCN(CC(=O)N(c3ccccc3)c3ccc4ccccc4c3)CC2)cc1. The van der Waals surface area contributed by atoms with Gasteiger partial charge in [0.15, 0.2) is 5.78 Å². The Bertz CT molecular complexity index is 1330. The molecule has 5 heteroatoms. The minimum absolute atomic E-state index is 0.0609. The normalized spacial score (nSPS) is 14.1. The van der Waals surface area contributed by atoms with Crippen molar-refractivity contribution in [1.29, 1.82) is 0 Å². The fourth-order valence-electron chi connectivity index (χ4n) is 4.66. The number of amides is 1. The van der Waals surface area contributed by atoms with Crippen molar-refractivity contribution >= 4 is 39.5 Å². The molecule has 4 aromatic carbocycles. The van der Waals surface area contributed by atoms with Crippen LogP contribution in [0.1, 0.15) is 17.3 Å². The number of carbonyl (C=O) groups excluding carboxylic acids is 2. The molecule has 0 aromatic heterocycles. The quantitative estimate of drug-likeness (QED) is 0.353. The van der Waals surface area contributed by atoms with Crippen LogP contribution in [0.5, 0.6) is 0 Å². The fraction of sp³-hybridized carbons (Fsp3) is 0.200. The number of nitrogens with zero attached hydrogens (tertiary/aromatic N) is 3. The van der Waals surface area contributed by atoms with Gasteiger partial charge >= 0.3 is 0 Å². The number of carbonyl (C=O) groups is 2. The third kappa shape index (κ3) is 5.10. The highest BCUT2D eigenvalue weighted by atomic mass is 16.2. The molecule has 0 bridgehead atoms. The first kappa shape index (κ1) is 22.8. The van der Waals surface area contributed by atoms with Crippen molar-refractivity contribution in [1.82, 2.24) is 4.90 Å². The summed E-state index contributed by atoms with van der Waals surface area (Å²) >= 11 is 0. The zero-order valence-electron chi connectivity index (χ0n) is 19.9. The number of piperazine rings is 1. The second-order valence-corrected chi connectivity index (χ2v) is 8.96. The maximum atomic E-state index is 13.6. The molecule has 0 atom stereocenters. The third-order valence-corrected chi connectivity index (χ3v) is 6.63. The smallest absolute Gasteiger partial charge is 0.245 e. The van der Waals surface area contributed by atoms with E-state index < -0.39 is 0 Å². The van der Waals surface area contributed by atoms with Crippen molar-refractivity contribution in [2.45, 2.75) is 6.92 Å². The molecule has 1 heterocycles. The molecule has 0 aliphatic carbocycles. The second-order valence-electron chi connectivity index (χ2n) is 8.96. The topological polar surface area (TPSA) is 43.9 Å². The first-order valence-corrected chi connectivity index (χ1v) is 12.0. The highest BCUT2D eigenvalue weighted by Crippen LogP contribution is 2.29. The van der Waals surface area contributed by atoms with Gasteiger partial charge in [-0.2, -0.15) is 0 Å². The van der Waals surface area contributed by atoms with Gasteiger partial charge < -0.3 is 4.90 Å². The highest BCUT2D eigenvalue weighted by Gasteiger charge is 2.24. The Morgan fingerprint density at radius 1 is 0.714 bits per heavy atom. The molecule has 0 radical (unpaired) electrons. The Kier molecular flexibility index (Phi) is 6.59. The molecule has 1 fully saturated rings. The van der Waals surface area contributed by atoms with E-state index in [1.165, 1.54) is 0 Å². The van der Waals surface area contributed by atoms with Gasteiger partial charge in [0.2, 0.25) is 5.91 Å². The van der Waals surface area contributed by atoms with Gasteiger partial charge in [0.1, 0.15) is 0 Å². The molecule has 0 spiro atoms. The number of hydrogen-bond acceptors (Lipinski definition) is 4. The fourth-order valence-corrected chi connectivity index (χ4v) is 4.66. The van der Waals surface area contributed by atoms with Crippen molar-refractivity contribution in [3.05, 3.63) is 103 Å². The number of fused-ring (bicyclic) bond motifs is 1. The molecule has 0 N–H and O–H groups in total. The molecule has 1 aliphatic rings. The Labute approximate surface area is 206 Å². The zero-order chi connectivity index (χ0) is 24.2. The standard InChI is InChI=1S/C30H29N3O2/c1-23(34)24-11-14-27(15-12-24)32-19-17-31(18-20-32)22-30(35)33(28-9-3-2-4-10-28)29-16-13-25-7-5-6-8-26(25)21-29/h2-16,21H,17-20,22H2,1H3. The first-order chi connectivity index (χ1) is 17.1. The van der Waals surface area contributed by atoms with E-state index in [0.29, 0.717) is 6.54 Å². The molecule has 5 nitrogen and oxygen atoms in total. The lowest BCUT2D eigenvalue weighted by molar-refractivity contribution is -0.119. The summed E-state index contributed by atoms with van der Waals surface area (Å²) in [6, 6.07) is 32.0. The number of benzene rings is 4. The predicted octanol–water partition coefficient (Wildman–Crippen LogP) is 5.53. The Morgan fingerprint density at radius 2 is 1.37 bits per heavy atom. The van der Waals surface area contributed by atoms with Crippen LogP contribution < -0.4 is 9.80 Å². The summed E-state index contributed by atoms with van der Waals surface area (Å²) < 4.78 is 0. The van der Waals surface area contributed by atoms with Crippen LogP contribution in [0.15, 0.2) is 97.1 Å². The molecule has 1 aliphatic heterocycles. The third-order valence-electron chi connectivity index (χ3n) is 6.63. The number of para-hydroxylation sites is 1. The Morgan fingerprint density at radius 3 is 2.06 bits per heavy atom. The van der Waals surface area contributed by atoms with Crippen LogP contribution in [0.3, 0.4) is 0 Å². The number of anilines is 3. The van der Waals surface area contributed by atoms with E-state index in [-0.39, 0.29) is 11.7 Å². The molecule has 0 unspecified atom stereocenters. The van der Waals surface area contributed by atoms with Gasteiger partial charge in [0.05, 0.1) is 6.54 Å². The van der Waals surface area contributed by atoms with Gasteiger partial charge in [0.25, 0.3) is 0 Å². The van der Waals surface area contributed by atoms with Crippen molar-refractivity contribution < 1.29 is 9.59 Å². The lowest BCUT2D eigenvalue weighted by atomic mass is 10.1. The van der Waals surface area contributed by atoms with E-state index in [1.807, 2.05) is 77.7 Å². The molecule has 5 rings (SSSR count). The van der Waals surface area contributed by atoms with E-state index in [0.717, 1.165) is 59.6 Å².